The van der Waals surface area contributed by atoms with Crippen molar-refractivity contribution in [3.05, 3.63) is 28.0 Å². The van der Waals surface area contributed by atoms with Crippen LogP contribution in [0, 0.1) is 0 Å². The van der Waals surface area contributed by atoms with E-state index in [0.29, 0.717) is 6.07 Å². The Morgan fingerprint density at radius 1 is 1.45 bits per heavy atom. The quantitative estimate of drug-likeness (QED) is 0.626. The number of pyridine rings is 1. The first kappa shape index (κ1) is 16.6. The molecule has 112 valence electrons. The van der Waals surface area contributed by atoms with Gasteiger partial charge in [0.1, 0.15) is 0 Å². The first-order valence-electron chi connectivity index (χ1n) is 5.37. The molecular weight excluding hydrogens is 309 g/mol. The minimum absolute atomic E-state index is 0.0252. The monoisotopic (exact) mass is 317 g/mol. The molecule has 0 aromatic carbocycles. The Balaban J connectivity index is 3.27. The Morgan fingerprint density at radius 3 is 2.50 bits per heavy atom. The Kier molecular flexibility index (Phi) is 5.27. The molecule has 0 aliphatic rings. The molecule has 20 heavy (non-hydrogen) atoms. The predicted molar refractivity (Wildman–Crippen MR) is 59.5 cm³/mol. The third-order valence-corrected chi connectivity index (χ3v) is 2.50. The third-order valence-electron chi connectivity index (χ3n) is 2.21. The van der Waals surface area contributed by atoms with Crippen LogP contribution in [0.5, 0.6) is 0 Å². The molecule has 0 atom stereocenters. The topological polar surface area (TPSA) is 39.2 Å². The zero-order valence-electron chi connectivity index (χ0n) is 10.1. The second-order valence-corrected chi connectivity index (χ2v) is 4.04. The van der Waals surface area contributed by atoms with Gasteiger partial charge in [0, 0.05) is 5.56 Å². The number of carbonyl (C=O) groups is 1. The molecule has 0 saturated heterocycles. The van der Waals surface area contributed by atoms with Gasteiger partial charge in [-0.25, -0.2) is 13.8 Å². The molecule has 0 saturated carbocycles. The van der Waals surface area contributed by atoms with E-state index >= 15 is 0 Å². The highest BCUT2D eigenvalue weighted by Gasteiger charge is 2.37. The van der Waals surface area contributed by atoms with Crippen LogP contribution in [0.2, 0.25) is 5.02 Å². The van der Waals surface area contributed by atoms with Crippen molar-refractivity contribution in [2.45, 2.75) is 25.9 Å². The number of esters is 1. The van der Waals surface area contributed by atoms with Crippen LogP contribution in [-0.2, 0) is 22.1 Å². The molecule has 1 rings (SSSR count). The van der Waals surface area contributed by atoms with Gasteiger partial charge in [-0.05, 0) is 13.0 Å². The van der Waals surface area contributed by atoms with E-state index in [9.17, 15) is 26.7 Å². The molecule has 0 bridgehead atoms. The van der Waals surface area contributed by atoms with E-state index in [-0.39, 0.29) is 6.61 Å². The molecule has 0 N–H and O–H groups in total. The maximum atomic E-state index is 12.7. The summed E-state index contributed by atoms with van der Waals surface area (Å²) in [5.41, 5.74) is -3.03. The van der Waals surface area contributed by atoms with Gasteiger partial charge in [0.15, 0.2) is 5.69 Å². The largest absolute Gasteiger partial charge is 0.466 e. The van der Waals surface area contributed by atoms with Crippen LogP contribution >= 0.6 is 11.6 Å². The van der Waals surface area contributed by atoms with E-state index in [1.165, 1.54) is 6.92 Å². The van der Waals surface area contributed by atoms with Crippen molar-refractivity contribution >= 4 is 17.6 Å². The second-order valence-electron chi connectivity index (χ2n) is 3.63. The summed E-state index contributed by atoms with van der Waals surface area (Å²) in [6, 6.07) is 0.469. The summed E-state index contributed by atoms with van der Waals surface area (Å²) in [7, 11) is 0. The van der Waals surface area contributed by atoms with E-state index < -0.39 is 47.0 Å². The van der Waals surface area contributed by atoms with E-state index in [0.717, 1.165) is 0 Å². The van der Waals surface area contributed by atoms with Gasteiger partial charge >= 0.3 is 12.1 Å². The summed E-state index contributed by atoms with van der Waals surface area (Å²) in [6.45, 7) is 1.45. The summed E-state index contributed by atoms with van der Waals surface area (Å²) >= 11 is 5.30. The van der Waals surface area contributed by atoms with Crippen molar-refractivity contribution in [3.63, 3.8) is 0 Å². The summed E-state index contributed by atoms with van der Waals surface area (Å²) < 4.78 is 67.8. The molecule has 0 amide bonds. The van der Waals surface area contributed by atoms with Crippen molar-refractivity contribution in [2.75, 3.05) is 6.61 Å². The van der Waals surface area contributed by atoms with Crippen molar-refractivity contribution in [3.8, 4) is 0 Å². The lowest BCUT2D eigenvalue weighted by molar-refractivity contribution is -0.144. The number of aromatic nitrogens is 1. The molecule has 0 unspecified atom stereocenters. The van der Waals surface area contributed by atoms with Crippen LogP contribution in [0.25, 0.3) is 0 Å². The van der Waals surface area contributed by atoms with Gasteiger partial charge in [0.2, 0.25) is 0 Å². The van der Waals surface area contributed by atoms with Crippen LogP contribution in [0.15, 0.2) is 6.07 Å². The van der Waals surface area contributed by atoms with Crippen molar-refractivity contribution in [1.29, 1.82) is 0 Å². The lowest BCUT2D eigenvalue weighted by Crippen LogP contribution is -2.16. The van der Waals surface area contributed by atoms with Gasteiger partial charge in [0.25, 0.3) is 6.43 Å². The Hall–Kier alpha value is -1.44. The van der Waals surface area contributed by atoms with Crippen molar-refractivity contribution < 1.29 is 31.5 Å². The number of carbonyl (C=O) groups excluding carboxylic acids is 1. The highest BCUT2D eigenvalue weighted by atomic mass is 35.5. The standard InChI is InChI=1S/C11H9ClF5NO2/c1-2-20-8(19)4-7-5(10(13)14)3-6(12)9(18-7)11(15,16)17/h3,10H,2,4H2,1H3. The van der Waals surface area contributed by atoms with Gasteiger partial charge in [-0.2, -0.15) is 13.2 Å². The fraction of sp³-hybridized carbons (Fsp3) is 0.455. The summed E-state index contributed by atoms with van der Waals surface area (Å²) in [5, 5.41) is -0.944. The zero-order valence-corrected chi connectivity index (χ0v) is 10.9. The normalized spacial score (nSPS) is 11.8. The number of rotatable bonds is 4. The van der Waals surface area contributed by atoms with Crippen LogP contribution in [0.1, 0.15) is 30.3 Å². The zero-order chi connectivity index (χ0) is 15.5. The summed E-state index contributed by atoms with van der Waals surface area (Å²) in [6.07, 6.45) is -8.79. The molecule has 1 aromatic rings. The van der Waals surface area contributed by atoms with Gasteiger partial charge in [-0.1, -0.05) is 11.6 Å². The van der Waals surface area contributed by atoms with Crippen molar-refractivity contribution in [2.24, 2.45) is 0 Å². The molecular formula is C11H9ClF5NO2. The number of hydrogen-bond acceptors (Lipinski definition) is 3. The number of ether oxygens (including phenoxy) is 1. The SMILES string of the molecule is CCOC(=O)Cc1nc(C(F)(F)F)c(Cl)cc1C(F)F. The lowest BCUT2D eigenvalue weighted by atomic mass is 10.1. The number of hydrogen-bond donors (Lipinski definition) is 0. The average Bonchev–Trinajstić information content (AvgIpc) is 2.29. The minimum Gasteiger partial charge on any atom is -0.466 e. The Bertz CT molecular complexity index is 504. The Morgan fingerprint density at radius 2 is 2.05 bits per heavy atom. The summed E-state index contributed by atoms with van der Waals surface area (Å²) in [5.74, 6) is -0.947. The first-order chi connectivity index (χ1) is 9.16. The van der Waals surface area contributed by atoms with Gasteiger partial charge < -0.3 is 4.74 Å². The average molecular weight is 318 g/mol. The third kappa shape index (κ3) is 4.03. The minimum atomic E-state index is -4.90. The van der Waals surface area contributed by atoms with Crippen LogP contribution in [0.3, 0.4) is 0 Å². The highest BCUT2D eigenvalue weighted by molar-refractivity contribution is 6.31. The van der Waals surface area contributed by atoms with E-state index in [1.807, 2.05) is 0 Å². The molecule has 1 heterocycles. The fourth-order valence-electron chi connectivity index (χ4n) is 1.42. The van der Waals surface area contributed by atoms with Gasteiger partial charge in [-0.15, -0.1) is 0 Å². The summed E-state index contributed by atoms with van der Waals surface area (Å²) in [4.78, 5) is 14.3. The van der Waals surface area contributed by atoms with Crippen molar-refractivity contribution in [1.82, 2.24) is 4.98 Å². The second kappa shape index (κ2) is 6.34. The molecule has 0 spiro atoms. The number of halogens is 6. The Labute approximate surface area is 115 Å². The molecule has 0 fully saturated rings. The lowest BCUT2D eigenvalue weighted by Gasteiger charge is -2.13. The fourth-order valence-corrected chi connectivity index (χ4v) is 1.69. The van der Waals surface area contributed by atoms with Gasteiger partial charge in [-0.3, -0.25) is 4.79 Å². The van der Waals surface area contributed by atoms with E-state index in [4.69, 9.17) is 11.6 Å². The molecule has 0 aliphatic carbocycles. The molecule has 3 nitrogen and oxygen atoms in total. The van der Waals surface area contributed by atoms with Gasteiger partial charge in [0.05, 0.1) is 23.7 Å². The van der Waals surface area contributed by atoms with E-state index in [2.05, 4.69) is 9.72 Å². The maximum Gasteiger partial charge on any atom is 0.434 e. The molecule has 0 aliphatic heterocycles. The maximum absolute atomic E-state index is 12.7. The van der Waals surface area contributed by atoms with Crippen LogP contribution in [-0.4, -0.2) is 17.6 Å². The molecule has 9 heteroatoms. The highest BCUT2D eigenvalue weighted by Crippen LogP contribution is 2.36. The van der Waals surface area contributed by atoms with Crippen LogP contribution < -0.4 is 0 Å². The molecule has 0 radical (unpaired) electrons. The molecule has 1 aromatic heterocycles. The number of alkyl halides is 5. The smallest absolute Gasteiger partial charge is 0.434 e. The predicted octanol–water partition coefficient (Wildman–Crippen LogP) is 3.80. The van der Waals surface area contributed by atoms with E-state index in [1.54, 1.807) is 0 Å². The first-order valence-corrected chi connectivity index (χ1v) is 5.74. The van der Waals surface area contributed by atoms with Crippen LogP contribution in [0.4, 0.5) is 22.0 Å². The number of nitrogens with zero attached hydrogens (tertiary/aromatic N) is 1.